The number of carbonyl (C=O) groups excluding carboxylic acids is 1. The summed E-state index contributed by atoms with van der Waals surface area (Å²) in [7, 11) is 0. The quantitative estimate of drug-likeness (QED) is 0.0212. The highest BCUT2D eigenvalue weighted by Crippen LogP contribution is 2.30. The topological polar surface area (TPSA) is 228 Å². The Hall–Kier alpha value is -2.05. The zero-order valence-corrected chi connectivity index (χ0v) is 42.1. The van der Waals surface area contributed by atoms with Gasteiger partial charge < -0.3 is 65.1 Å². The van der Waals surface area contributed by atoms with E-state index in [0.717, 1.165) is 64.2 Å². The maximum atomic E-state index is 13.2. The average Bonchev–Trinajstić information content (AvgIpc) is 3.34. The monoisotopic (exact) mass is 968 g/mol. The third kappa shape index (κ3) is 27.0. The van der Waals surface area contributed by atoms with E-state index in [2.05, 4.69) is 55.6 Å². The van der Waals surface area contributed by atoms with E-state index in [1.54, 1.807) is 6.08 Å². The molecule has 0 spiro atoms. The van der Waals surface area contributed by atoms with Crippen LogP contribution in [-0.4, -0.2) is 140 Å². The molecule has 2 aliphatic rings. The molecule has 0 radical (unpaired) electrons. The summed E-state index contributed by atoms with van der Waals surface area (Å²) in [5.41, 5.74) is 0. The van der Waals surface area contributed by atoms with Gasteiger partial charge in [0.2, 0.25) is 5.91 Å². The molecule has 2 rings (SSSR count). The lowest BCUT2D eigenvalue weighted by molar-refractivity contribution is -0.359. The molecule has 2 saturated heterocycles. The van der Waals surface area contributed by atoms with Crippen LogP contribution in [0.25, 0.3) is 0 Å². The van der Waals surface area contributed by atoms with E-state index in [1.807, 2.05) is 6.08 Å². The van der Waals surface area contributed by atoms with E-state index in [0.29, 0.717) is 12.8 Å². The van der Waals surface area contributed by atoms with Crippen molar-refractivity contribution < 1.29 is 64.6 Å². The number of aliphatic hydroxyl groups excluding tert-OH is 8. The molecular formula is C54H97NO13. The maximum absolute atomic E-state index is 13.2. The zero-order valence-electron chi connectivity index (χ0n) is 42.1. The van der Waals surface area contributed by atoms with Crippen molar-refractivity contribution in [2.45, 2.75) is 267 Å². The van der Waals surface area contributed by atoms with Crippen LogP contribution in [0.1, 0.15) is 194 Å². The standard InChI is InChI=1S/C54H97NO13/c1-3-5-7-9-11-13-15-17-18-19-20-21-22-23-24-26-27-29-31-33-35-37-43(58)42(55-46(59)38-36-34-32-30-28-25-16-14-12-10-8-6-4-2)41-65-53-51(64)49(62)52(45(40-57)67-53)68-54-50(63)48(61)47(60)44(39-56)66-54/h14,16,22-23,27,29,35,37,42-45,47-54,56-58,60-64H,3-13,15,17-21,24-26,28,30-34,36,38-41H2,1-2H3,(H,55,59)/b16-14-,23-22+,29-27+,37-35+. The molecule has 14 nitrogen and oxygen atoms in total. The number of nitrogens with one attached hydrogen (secondary N) is 1. The number of unbranched alkanes of at least 4 members (excludes halogenated alkanes) is 22. The number of hydrogen-bond acceptors (Lipinski definition) is 13. The van der Waals surface area contributed by atoms with Crippen LogP contribution in [0.5, 0.6) is 0 Å². The van der Waals surface area contributed by atoms with Crippen molar-refractivity contribution in [1.82, 2.24) is 5.32 Å². The maximum Gasteiger partial charge on any atom is 0.220 e. The van der Waals surface area contributed by atoms with Gasteiger partial charge >= 0.3 is 0 Å². The molecule has 396 valence electrons. The Morgan fingerprint density at radius 3 is 1.46 bits per heavy atom. The molecule has 2 heterocycles. The van der Waals surface area contributed by atoms with Crippen LogP contribution in [0.15, 0.2) is 48.6 Å². The van der Waals surface area contributed by atoms with Gasteiger partial charge in [-0.15, -0.1) is 0 Å². The molecule has 0 aromatic heterocycles. The van der Waals surface area contributed by atoms with Gasteiger partial charge in [0.25, 0.3) is 0 Å². The highest BCUT2D eigenvalue weighted by molar-refractivity contribution is 5.76. The van der Waals surface area contributed by atoms with Crippen LogP contribution in [0.4, 0.5) is 0 Å². The predicted molar refractivity (Wildman–Crippen MR) is 267 cm³/mol. The molecule has 0 aromatic carbocycles. The first kappa shape index (κ1) is 62.1. The Labute approximate surface area is 410 Å². The van der Waals surface area contributed by atoms with Crippen molar-refractivity contribution in [3.63, 3.8) is 0 Å². The summed E-state index contributed by atoms with van der Waals surface area (Å²) in [5.74, 6) is -0.265. The van der Waals surface area contributed by atoms with E-state index in [-0.39, 0.29) is 18.9 Å². The summed E-state index contributed by atoms with van der Waals surface area (Å²) < 4.78 is 22.7. The molecule has 12 unspecified atom stereocenters. The zero-order chi connectivity index (χ0) is 49.6. The highest BCUT2D eigenvalue weighted by Gasteiger charge is 2.51. The fraction of sp³-hybridized carbons (Fsp3) is 0.833. The second-order valence-corrected chi connectivity index (χ2v) is 19.0. The van der Waals surface area contributed by atoms with E-state index in [4.69, 9.17) is 18.9 Å². The van der Waals surface area contributed by atoms with E-state index in [1.165, 1.54) is 96.3 Å². The van der Waals surface area contributed by atoms with Crippen LogP contribution in [-0.2, 0) is 23.7 Å². The molecule has 14 heteroatoms. The van der Waals surface area contributed by atoms with E-state index >= 15 is 0 Å². The Kier molecular flexibility index (Phi) is 37.0. The molecule has 1 amide bonds. The molecule has 12 atom stereocenters. The third-order valence-corrected chi connectivity index (χ3v) is 13.0. The summed E-state index contributed by atoms with van der Waals surface area (Å²) in [4.78, 5) is 13.2. The van der Waals surface area contributed by atoms with Gasteiger partial charge in [0.05, 0.1) is 32.0 Å². The first-order valence-corrected chi connectivity index (χ1v) is 26.9. The number of ether oxygens (including phenoxy) is 4. The number of carbonyl (C=O) groups is 1. The van der Waals surface area contributed by atoms with Gasteiger partial charge in [0.1, 0.15) is 48.8 Å². The second kappa shape index (κ2) is 40.5. The number of allylic oxidation sites excluding steroid dienone is 7. The summed E-state index contributed by atoms with van der Waals surface area (Å²) >= 11 is 0. The minimum absolute atomic E-state index is 0.259. The van der Waals surface area contributed by atoms with Crippen molar-refractivity contribution in [1.29, 1.82) is 0 Å². The fourth-order valence-corrected chi connectivity index (χ4v) is 8.55. The predicted octanol–water partition coefficient (Wildman–Crippen LogP) is 7.66. The second-order valence-electron chi connectivity index (χ2n) is 19.0. The SMILES string of the molecule is CCCCCC/C=C\CCCCCCCC(=O)NC(COC1OC(CO)C(OC2OC(CO)C(O)C(O)C2O)C(O)C1O)C(O)/C=C/CC/C=C/CC/C=C/CCCCCCCCCCCCC. The third-order valence-electron chi connectivity index (χ3n) is 13.0. The van der Waals surface area contributed by atoms with Gasteiger partial charge in [0.15, 0.2) is 12.6 Å². The summed E-state index contributed by atoms with van der Waals surface area (Å²) in [6.07, 6.45) is 31.5. The Balaban J connectivity index is 1.85. The molecule has 0 saturated carbocycles. The van der Waals surface area contributed by atoms with E-state index < -0.39 is 86.8 Å². The molecule has 0 aliphatic carbocycles. The summed E-state index contributed by atoms with van der Waals surface area (Å²) in [6, 6.07) is -0.941. The lowest BCUT2D eigenvalue weighted by Gasteiger charge is -2.46. The van der Waals surface area contributed by atoms with Gasteiger partial charge in [0, 0.05) is 6.42 Å². The molecule has 2 fully saturated rings. The van der Waals surface area contributed by atoms with Gasteiger partial charge in [-0.3, -0.25) is 4.79 Å². The minimum Gasteiger partial charge on any atom is -0.394 e. The van der Waals surface area contributed by atoms with Crippen molar-refractivity contribution in [2.75, 3.05) is 19.8 Å². The van der Waals surface area contributed by atoms with Crippen LogP contribution < -0.4 is 5.32 Å². The van der Waals surface area contributed by atoms with Crippen LogP contribution in [0.2, 0.25) is 0 Å². The smallest absolute Gasteiger partial charge is 0.220 e. The summed E-state index contributed by atoms with van der Waals surface area (Å²) in [5, 5.41) is 86.8. The Bertz CT molecular complexity index is 1330. The summed E-state index contributed by atoms with van der Waals surface area (Å²) in [6.45, 7) is 2.73. The highest BCUT2D eigenvalue weighted by atomic mass is 16.7. The molecular weight excluding hydrogens is 871 g/mol. The number of aliphatic hydroxyl groups is 8. The molecule has 0 aromatic rings. The lowest BCUT2D eigenvalue weighted by Crippen LogP contribution is -2.65. The van der Waals surface area contributed by atoms with Gasteiger partial charge in [-0.05, 0) is 70.6 Å². The fourth-order valence-electron chi connectivity index (χ4n) is 8.55. The largest absolute Gasteiger partial charge is 0.394 e. The Morgan fingerprint density at radius 1 is 0.515 bits per heavy atom. The first-order chi connectivity index (χ1) is 33.1. The Morgan fingerprint density at radius 2 is 0.941 bits per heavy atom. The average molecular weight is 968 g/mol. The van der Waals surface area contributed by atoms with Crippen LogP contribution >= 0.6 is 0 Å². The number of amides is 1. The van der Waals surface area contributed by atoms with Crippen LogP contribution in [0.3, 0.4) is 0 Å². The van der Waals surface area contributed by atoms with Gasteiger partial charge in [-0.25, -0.2) is 0 Å². The van der Waals surface area contributed by atoms with E-state index in [9.17, 15) is 45.6 Å². The van der Waals surface area contributed by atoms with Crippen molar-refractivity contribution >= 4 is 5.91 Å². The van der Waals surface area contributed by atoms with Crippen molar-refractivity contribution in [2.24, 2.45) is 0 Å². The van der Waals surface area contributed by atoms with Crippen molar-refractivity contribution in [3.8, 4) is 0 Å². The molecule has 2 aliphatic heterocycles. The molecule has 68 heavy (non-hydrogen) atoms. The van der Waals surface area contributed by atoms with Gasteiger partial charge in [-0.2, -0.15) is 0 Å². The molecule has 0 bridgehead atoms. The normalized spacial score (nSPS) is 26.7. The number of hydrogen-bond donors (Lipinski definition) is 9. The lowest BCUT2D eigenvalue weighted by atomic mass is 9.97. The first-order valence-electron chi connectivity index (χ1n) is 26.9. The minimum atomic E-state index is -1.79. The van der Waals surface area contributed by atoms with Crippen LogP contribution in [0, 0.1) is 0 Å². The van der Waals surface area contributed by atoms with Gasteiger partial charge in [-0.1, -0.05) is 165 Å². The molecule has 9 N–H and O–H groups in total. The van der Waals surface area contributed by atoms with Crippen molar-refractivity contribution in [3.05, 3.63) is 48.6 Å². The number of rotatable bonds is 41.